The van der Waals surface area contributed by atoms with E-state index in [9.17, 15) is 9.18 Å². The molecule has 4 heteroatoms. The quantitative estimate of drug-likeness (QED) is 0.794. The van der Waals surface area contributed by atoms with Crippen molar-refractivity contribution in [3.63, 3.8) is 0 Å². The normalized spacial score (nSPS) is 10.8. The van der Waals surface area contributed by atoms with E-state index in [1.807, 2.05) is 0 Å². The van der Waals surface area contributed by atoms with Gasteiger partial charge in [-0.1, -0.05) is 12.2 Å². The summed E-state index contributed by atoms with van der Waals surface area (Å²) in [4.78, 5) is 10.6. The molecule has 3 nitrogen and oxygen atoms in total. The zero-order chi connectivity index (χ0) is 11.3. The molecular formula is C11H12FNO2. The molecule has 2 N–H and O–H groups in total. The first-order chi connectivity index (χ1) is 7.13. The fourth-order valence-electron chi connectivity index (χ4n) is 1.14. The fraction of sp³-hybridized carbons (Fsp3) is 0.182. The molecule has 0 spiro atoms. The Morgan fingerprint density at radius 1 is 1.53 bits per heavy atom. The number of benzene rings is 1. The highest BCUT2D eigenvalue weighted by Gasteiger charge is 2.05. The van der Waals surface area contributed by atoms with E-state index in [2.05, 4.69) is 5.32 Å². The molecule has 1 aromatic carbocycles. The molecule has 0 bridgehead atoms. The zero-order valence-electron chi connectivity index (χ0n) is 8.33. The van der Waals surface area contributed by atoms with Gasteiger partial charge in [-0.3, -0.25) is 0 Å². The van der Waals surface area contributed by atoms with Crippen LogP contribution in [-0.2, 0) is 0 Å². The molecule has 0 aromatic heterocycles. The number of halogens is 1. The zero-order valence-corrected chi connectivity index (χ0v) is 8.33. The number of likely N-dealkylation sites (N-methyl/N-ethyl adjacent to an activating group) is 1. The van der Waals surface area contributed by atoms with Crippen LogP contribution in [0.3, 0.4) is 0 Å². The highest BCUT2D eigenvalue weighted by Crippen LogP contribution is 2.10. The molecule has 0 radical (unpaired) electrons. The first kappa shape index (κ1) is 11.4. The number of aromatic carboxylic acids is 1. The molecule has 80 valence electrons. The van der Waals surface area contributed by atoms with Gasteiger partial charge in [-0.25, -0.2) is 9.18 Å². The van der Waals surface area contributed by atoms with Crippen molar-refractivity contribution in [3.8, 4) is 0 Å². The third-order valence-electron chi connectivity index (χ3n) is 1.80. The van der Waals surface area contributed by atoms with Crippen molar-refractivity contribution in [2.24, 2.45) is 0 Å². The number of rotatable bonds is 4. The van der Waals surface area contributed by atoms with Crippen molar-refractivity contribution in [3.05, 3.63) is 41.2 Å². The van der Waals surface area contributed by atoms with Crippen molar-refractivity contribution >= 4 is 12.0 Å². The Bertz CT molecular complexity index is 388. The maximum absolute atomic E-state index is 13.0. The van der Waals surface area contributed by atoms with E-state index in [0.717, 1.165) is 6.07 Å². The molecule has 0 aliphatic heterocycles. The largest absolute Gasteiger partial charge is 0.478 e. The van der Waals surface area contributed by atoms with E-state index >= 15 is 0 Å². The van der Waals surface area contributed by atoms with Crippen LogP contribution in [0.25, 0.3) is 6.08 Å². The molecule has 0 saturated carbocycles. The molecule has 0 unspecified atom stereocenters. The van der Waals surface area contributed by atoms with E-state index < -0.39 is 11.8 Å². The molecule has 0 heterocycles. The molecule has 0 aliphatic carbocycles. The number of carbonyl (C=O) groups is 1. The van der Waals surface area contributed by atoms with Gasteiger partial charge >= 0.3 is 5.97 Å². The summed E-state index contributed by atoms with van der Waals surface area (Å²) in [5.74, 6) is -1.67. The van der Waals surface area contributed by atoms with Crippen LogP contribution in [0, 0.1) is 5.82 Å². The summed E-state index contributed by atoms with van der Waals surface area (Å²) in [5, 5.41) is 11.6. The van der Waals surface area contributed by atoms with Crippen molar-refractivity contribution in [2.45, 2.75) is 0 Å². The summed E-state index contributed by atoms with van der Waals surface area (Å²) in [6.45, 7) is 0.652. The predicted octanol–water partition coefficient (Wildman–Crippen LogP) is 1.76. The summed E-state index contributed by atoms with van der Waals surface area (Å²) in [5.41, 5.74) is 0.502. The van der Waals surface area contributed by atoms with Crippen LogP contribution in [0.4, 0.5) is 4.39 Å². The monoisotopic (exact) mass is 209 g/mol. The van der Waals surface area contributed by atoms with E-state index in [1.165, 1.54) is 12.1 Å². The van der Waals surface area contributed by atoms with E-state index in [0.29, 0.717) is 12.1 Å². The van der Waals surface area contributed by atoms with E-state index in [-0.39, 0.29) is 5.56 Å². The lowest BCUT2D eigenvalue weighted by Crippen LogP contribution is -2.03. The lowest BCUT2D eigenvalue weighted by Gasteiger charge is -1.98. The van der Waals surface area contributed by atoms with Gasteiger partial charge in [-0.15, -0.1) is 0 Å². The van der Waals surface area contributed by atoms with Gasteiger partial charge in [0.2, 0.25) is 0 Å². The van der Waals surface area contributed by atoms with Crippen LogP contribution in [0.2, 0.25) is 0 Å². The maximum Gasteiger partial charge on any atom is 0.335 e. The van der Waals surface area contributed by atoms with Gasteiger partial charge in [-0.2, -0.15) is 0 Å². The topological polar surface area (TPSA) is 49.3 Å². The molecule has 0 fully saturated rings. The lowest BCUT2D eigenvalue weighted by molar-refractivity contribution is 0.0696. The average molecular weight is 209 g/mol. The van der Waals surface area contributed by atoms with Crippen LogP contribution in [0.1, 0.15) is 15.9 Å². The molecule has 15 heavy (non-hydrogen) atoms. The number of nitrogens with one attached hydrogen (secondary N) is 1. The summed E-state index contributed by atoms with van der Waals surface area (Å²) >= 11 is 0. The fourth-order valence-corrected chi connectivity index (χ4v) is 1.14. The SMILES string of the molecule is CNCC=Cc1cc(F)cc(C(=O)O)c1. The number of hydrogen-bond acceptors (Lipinski definition) is 2. The number of carboxylic acids is 1. The molecule has 0 amide bonds. The van der Waals surface area contributed by atoms with Crippen LogP contribution >= 0.6 is 0 Å². The average Bonchev–Trinajstić information content (AvgIpc) is 2.17. The Kier molecular flexibility index (Phi) is 4.00. The van der Waals surface area contributed by atoms with Crippen molar-refractivity contribution < 1.29 is 14.3 Å². The smallest absolute Gasteiger partial charge is 0.335 e. The summed E-state index contributed by atoms with van der Waals surface area (Å²) < 4.78 is 13.0. The highest BCUT2D eigenvalue weighted by atomic mass is 19.1. The second-order valence-electron chi connectivity index (χ2n) is 3.04. The van der Waals surface area contributed by atoms with Gasteiger partial charge in [-0.05, 0) is 30.8 Å². The molecule has 1 rings (SSSR count). The Balaban J connectivity index is 2.93. The standard InChI is InChI=1S/C11H12FNO2/c1-13-4-2-3-8-5-9(11(14)15)7-10(12)6-8/h2-3,5-7,13H,4H2,1H3,(H,14,15). The summed E-state index contributed by atoms with van der Waals surface area (Å²) in [7, 11) is 1.79. The van der Waals surface area contributed by atoms with E-state index in [4.69, 9.17) is 5.11 Å². The van der Waals surface area contributed by atoms with Gasteiger partial charge in [0.25, 0.3) is 0 Å². The maximum atomic E-state index is 13.0. The Hall–Kier alpha value is -1.68. The first-order valence-corrected chi connectivity index (χ1v) is 4.48. The van der Waals surface area contributed by atoms with Gasteiger partial charge in [0.15, 0.2) is 0 Å². The minimum Gasteiger partial charge on any atom is -0.478 e. The van der Waals surface area contributed by atoms with Crippen LogP contribution in [-0.4, -0.2) is 24.7 Å². The second-order valence-corrected chi connectivity index (χ2v) is 3.04. The van der Waals surface area contributed by atoms with Gasteiger partial charge in [0.05, 0.1) is 5.56 Å². The Morgan fingerprint density at radius 3 is 2.87 bits per heavy atom. The number of carboxylic acid groups (broad SMARTS) is 1. The Morgan fingerprint density at radius 2 is 2.27 bits per heavy atom. The Labute approximate surface area is 87.2 Å². The van der Waals surface area contributed by atoms with Crippen molar-refractivity contribution in [2.75, 3.05) is 13.6 Å². The van der Waals surface area contributed by atoms with Crippen molar-refractivity contribution in [1.29, 1.82) is 0 Å². The molecule has 0 aliphatic rings. The third kappa shape index (κ3) is 3.52. The van der Waals surface area contributed by atoms with Gasteiger partial charge < -0.3 is 10.4 Å². The minimum atomic E-state index is -1.13. The van der Waals surface area contributed by atoms with Gasteiger partial charge in [0.1, 0.15) is 5.82 Å². The molecular weight excluding hydrogens is 197 g/mol. The highest BCUT2D eigenvalue weighted by molar-refractivity contribution is 5.88. The van der Waals surface area contributed by atoms with Crippen LogP contribution in [0.5, 0.6) is 0 Å². The molecule has 1 aromatic rings. The lowest BCUT2D eigenvalue weighted by atomic mass is 10.1. The van der Waals surface area contributed by atoms with Gasteiger partial charge in [0, 0.05) is 6.54 Å². The third-order valence-corrected chi connectivity index (χ3v) is 1.80. The summed E-state index contributed by atoms with van der Waals surface area (Å²) in [6.07, 6.45) is 3.46. The van der Waals surface area contributed by atoms with E-state index in [1.54, 1.807) is 19.2 Å². The second kappa shape index (κ2) is 5.26. The first-order valence-electron chi connectivity index (χ1n) is 4.48. The van der Waals surface area contributed by atoms with Crippen LogP contribution < -0.4 is 5.32 Å². The minimum absolute atomic E-state index is 0.0425. The van der Waals surface area contributed by atoms with Crippen LogP contribution in [0.15, 0.2) is 24.3 Å². The summed E-state index contributed by atoms with van der Waals surface area (Å²) in [6, 6.07) is 3.72. The molecule has 0 atom stereocenters. The molecule has 0 saturated heterocycles. The van der Waals surface area contributed by atoms with Crippen molar-refractivity contribution in [1.82, 2.24) is 5.32 Å². The predicted molar refractivity (Wildman–Crippen MR) is 56.3 cm³/mol. The number of hydrogen-bond donors (Lipinski definition) is 2.